The number of carboxylic acids is 1. The van der Waals surface area contributed by atoms with Gasteiger partial charge in [-0.15, -0.1) is 11.8 Å². The maximum atomic E-state index is 10.7. The zero-order valence-corrected chi connectivity index (χ0v) is 11.2. The number of hydrogen-bond acceptors (Lipinski definition) is 3. The number of aryl methyl sites for hydroxylation is 2. The van der Waals surface area contributed by atoms with Crippen LogP contribution in [0.4, 0.5) is 0 Å². The van der Waals surface area contributed by atoms with Crippen molar-refractivity contribution in [1.82, 2.24) is 0 Å². The Morgan fingerprint density at radius 3 is 2.89 bits per heavy atom. The van der Waals surface area contributed by atoms with E-state index in [-0.39, 0.29) is 5.56 Å². The standard InChI is InChI=1S/C15H14O3S/c16-15(17)12-6-13(18-8-12)9-19-14-5-4-10-2-1-3-11(10)7-14/h4-8H,1-3,9H2,(H,16,17). The molecule has 0 aliphatic heterocycles. The van der Waals surface area contributed by atoms with Crippen molar-refractivity contribution < 1.29 is 14.3 Å². The second kappa shape index (κ2) is 5.13. The molecule has 2 aromatic rings. The van der Waals surface area contributed by atoms with Gasteiger partial charge in [-0.1, -0.05) is 6.07 Å². The van der Waals surface area contributed by atoms with Crippen LogP contribution in [0.25, 0.3) is 0 Å². The Morgan fingerprint density at radius 1 is 1.26 bits per heavy atom. The van der Waals surface area contributed by atoms with Crippen LogP contribution in [-0.2, 0) is 18.6 Å². The third-order valence-electron chi connectivity index (χ3n) is 3.35. The van der Waals surface area contributed by atoms with Crippen LogP contribution in [0.5, 0.6) is 0 Å². The van der Waals surface area contributed by atoms with E-state index >= 15 is 0 Å². The first-order valence-electron chi connectivity index (χ1n) is 6.28. The van der Waals surface area contributed by atoms with E-state index < -0.39 is 5.97 Å². The summed E-state index contributed by atoms with van der Waals surface area (Å²) in [6, 6.07) is 8.17. The van der Waals surface area contributed by atoms with Crippen molar-refractivity contribution in [1.29, 1.82) is 0 Å². The number of aromatic carboxylic acids is 1. The molecule has 1 aromatic heterocycles. The van der Waals surface area contributed by atoms with E-state index in [1.54, 1.807) is 17.8 Å². The van der Waals surface area contributed by atoms with E-state index in [1.165, 1.54) is 41.5 Å². The summed E-state index contributed by atoms with van der Waals surface area (Å²) in [4.78, 5) is 12.0. The molecule has 4 heteroatoms. The largest absolute Gasteiger partial charge is 0.478 e. The molecule has 0 spiro atoms. The minimum absolute atomic E-state index is 0.213. The normalized spacial score (nSPS) is 13.5. The summed E-state index contributed by atoms with van der Waals surface area (Å²) in [5, 5.41) is 8.82. The lowest BCUT2D eigenvalue weighted by Crippen LogP contribution is -1.91. The predicted octanol–water partition coefficient (Wildman–Crippen LogP) is 3.76. The van der Waals surface area contributed by atoms with Crippen molar-refractivity contribution in [2.24, 2.45) is 0 Å². The highest BCUT2D eigenvalue weighted by Crippen LogP contribution is 2.29. The lowest BCUT2D eigenvalue weighted by molar-refractivity contribution is 0.0696. The number of furan rings is 1. The van der Waals surface area contributed by atoms with Crippen LogP contribution in [0.1, 0.15) is 33.7 Å². The lowest BCUT2D eigenvalue weighted by Gasteiger charge is -2.03. The first-order valence-corrected chi connectivity index (χ1v) is 7.26. The van der Waals surface area contributed by atoms with Gasteiger partial charge in [0, 0.05) is 4.90 Å². The second-order valence-electron chi connectivity index (χ2n) is 4.68. The van der Waals surface area contributed by atoms with Crippen LogP contribution in [0.3, 0.4) is 0 Å². The van der Waals surface area contributed by atoms with Gasteiger partial charge >= 0.3 is 5.97 Å². The van der Waals surface area contributed by atoms with Crippen molar-refractivity contribution in [2.45, 2.75) is 29.9 Å². The number of fused-ring (bicyclic) bond motifs is 1. The molecule has 0 saturated heterocycles. The van der Waals surface area contributed by atoms with Crippen LogP contribution in [0, 0.1) is 0 Å². The molecule has 1 aromatic carbocycles. The number of carboxylic acid groups (broad SMARTS) is 1. The predicted molar refractivity (Wildman–Crippen MR) is 73.7 cm³/mol. The summed E-state index contributed by atoms with van der Waals surface area (Å²) < 4.78 is 5.24. The van der Waals surface area contributed by atoms with Gasteiger partial charge in [0.2, 0.25) is 0 Å². The van der Waals surface area contributed by atoms with E-state index in [1.807, 2.05) is 0 Å². The van der Waals surface area contributed by atoms with Crippen LogP contribution in [-0.4, -0.2) is 11.1 Å². The molecule has 0 fully saturated rings. The highest BCUT2D eigenvalue weighted by molar-refractivity contribution is 7.98. The average Bonchev–Trinajstić information content (AvgIpc) is 3.04. The van der Waals surface area contributed by atoms with E-state index in [0.717, 1.165) is 0 Å². The molecule has 0 unspecified atom stereocenters. The third-order valence-corrected chi connectivity index (χ3v) is 4.37. The van der Waals surface area contributed by atoms with Gasteiger partial charge in [-0.25, -0.2) is 4.79 Å². The minimum atomic E-state index is -0.947. The van der Waals surface area contributed by atoms with E-state index in [0.29, 0.717) is 11.5 Å². The molecule has 1 heterocycles. The summed E-state index contributed by atoms with van der Waals surface area (Å²) in [6.45, 7) is 0. The molecular formula is C15H14O3S. The van der Waals surface area contributed by atoms with Crippen LogP contribution < -0.4 is 0 Å². The maximum Gasteiger partial charge on any atom is 0.338 e. The van der Waals surface area contributed by atoms with Gasteiger partial charge in [0.1, 0.15) is 12.0 Å². The summed E-state index contributed by atoms with van der Waals surface area (Å²) in [5.74, 6) is 0.409. The molecule has 0 radical (unpaired) electrons. The Bertz CT molecular complexity index is 616. The van der Waals surface area contributed by atoms with Crippen molar-refractivity contribution in [3.8, 4) is 0 Å². The fourth-order valence-corrected chi connectivity index (χ4v) is 3.21. The zero-order chi connectivity index (χ0) is 13.2. The zero-order valence-electron chi connectivity index (χ0n) is 10.4. The monoisotopic (exact) mass is 274 g/mol. The van der Waals surface area contributed by atoms with Crippen LogP contribution in [0.15, 0.2) is 39.8 Å². The summed E-state index contributed by atoms with van der Waals surface area (Å²) in [5.41, 5.74) is 3.13. The number of rotatable bonds is 4. The van der Waals surface area contributed by atoms with E-state index in [2.05, 4.69) is 18.2 Å². The second-order valence-corrected chi connectivity index (χ2v) is 5.73. The van der Waals surface area contributed by atoms with Gasteiger partial charge in [-0.05, 0) is 48.6 Å². The maximum absolute atomic E-state index is 10.7. The Kier molecular flexibility index (Phi) is 3.34. The number of hydrogen-bond donors (Lipinski definition) is 1. The fourth-order valence-electron chi connectivity index (χ4n) is 2.36. The van der Waals surface area contributed by atoms with Crippen molar-refractivity contribution >= 4 is 17.7 Å². The summed E-state index contributed by atoms with van der Waals surface area (Å²) in [7, 11) is 0. The van der Waals surface area contributed by atoms with Gasteiger partial charge in [0.15, 0.2) is 0 Å². The molecular weight excluding hydrogens is 260 g/mol. The molecule has 0 atom stereocenters. The summed E-state index contributed by atoms with van der Waals surface area (Å²) >= 11 is 1.68. The van der Waals surface area contributed by atoms with E-state index in [9.17, 15) is 4.79 Å². The number of thioether (sulfide) groups is 1. The Hall–Kier alpha value is -1.68. The topological polar surface area (TPSA) is 50.4 Å². The molecule has 0 amide bonds. The molecule has 19 heavy (non-hydrogen) atoms. The quantitative estimate of drug-likeness (QED) is 0.862. The third kappa shape index (κ3) is 2.68. The smallest absolute Gasteiger partial charge is 0.338 e. The van der Waals surface area contributed by atoms with Gasteiger partial charge < -0.3 is 9.52 Å². The SMILES string of the molecule is O=C(O)c1coc(CSc2ccc3c(c2)CCC3)c1. The van der Waals surface area contributed by atoms with Crippen LogP contribution in [0.2, 0.25) is 0 Å². The minimum Gasteiger partial charge on any atom is -0.478 e. The van der Waals surface area contributed by atoms with Crippen molar-refractivity contribution in [3.63, 3.8) is 0 Å². The van der Waals surface area contributed by atoms with Gasteiger partial charge in [-0.2, -0.15) is 0 Å². The average molecular weight is 274 g/mol. The molecule has 1 aliphatic rings. The molecule has 1 N–H and O–H groups in total. The van der Waals surface area contributed by atoms with Gasteiger partial charge in [0.25, 0.3) is 0 Å². The Labute approximate surface area is 115 Å². The first kappa shape index (κ1) is 12.4. The Morgan fingerprint density at radius 2 is 2.11 bits per heavy atom. The number of benzene rings is 1. The molecule has 1 aliphatic carbocycles. The van der Waals surface area contributed by atoms with Crippen molar-refractivity contribution in [3.05, 3.63) is 53.0 Å². The molecule has 0 saturated carbocycles. The molecule has 98 valence electrons. The van der Waals surface area contributed by atoms with Gasteiger partial charge in [-0.3, -0.25) is 0 Å². The Balaban J connectivity index is 1.67. The highest BCUT2D eigenvalue weighted by Gasteiger charge is 2.12. The fraction of sp³-hybridized carbons (Fsp3) is 0.267. The number of carbonyl (C=O) groups is 1. The van der Waals surface area contributed by atoms with Crippen LogP contribution >= 0.6 is 11.8 Å². The molecule has 0 bridgehead atoms. The first-order chi connectivity index (χ1) is 9.22. The van der Waals surface area contributed by atoms with E-state index in [4.69, 9.17) is 9.52 Å². The molecule has 3 nitrogen and oxygen atoms in total. The lowest BCUT2D eigenvalue weighted by atomic mass is 10.1. The van der Waals surface area contributed by atoms with Gasteiger partial charge in [0.05, 0.1) is 11.3 Å². The molecule has 3 rings (SSSR count). The van der Waals surface area contributed by atoms with Crippen molar-refractivity contribution in [2.75, 3.05) is 0 Å². The highest BCUT2D eigenvalue weighted by atomic mass is 32.2. The summed E-state index contributed by atoms with van der Waals surface area (Å²) in [6.07, 6.45) is 4.92.